The Morgan fingerprint density at radius 2 is 1.86 bits per heavy atom. The second-order valence-electron chi connectivity index (χ2n) is 5.81. The highest BCUT2D eigenvalue weighted by Crippen LogP contribution is 2.15. The molecule has 0 aliphatic carbocycles. The summed E-state index contributed by atoms with van der Waals surface area (Å²) in [7, 11) is 0. The standard InChI is InChI=1S/C19H23NO2/c1-14(2)17-9-7-16(8-10-17)12-22-13-19(21)20-18-6-4-5-15(3)11-18/h4-11,14H,12-13H2,1-3H3,(H,20,21). The van der Waals surface area contributed by atoms with Gasteiger partial charge in [0.05, 0.1) is 6.61 Å². The Bertz CT molecular complexity index is 618. The van der Waals surface area contributed by atoms with Crippen molar-refractivity contribution < 1.29 is 9.53 Å². The molecule has 22 heavy (non-hydrogen) atoms. The molecule has 116 valence electrons. The molecule has 0 radical (unpaired) electrons. The highest BCUT2D eigenvalue weighted by molar-refractivity contribution is 5.91. The van der Waals surface area contributed by atoms with E-state index in [4.69, 9.17) is 4.74 Å². The fourth-order valence-electron chi connectivity index (χ4n) is 2.18. The third-order valence-electron chi connectivity index (χ3n) is 3.45. The minimum atomic E-state index is -0.135. The Hall–Kier alpha value is -2.13. The van der Waals surface area contributed by atoms with E-state index in [2.05, 4.69) is 31.3 Å². The Morgan fingerprint density at radius 1 is 1.14 bits per heavy atom. The van der Waals surface area contributed by atoms with Gasteiger partial charge in [-0.05, 0) is 41.7 Å². The first-order valence-electron chi connectivity index (χ1n) is 7.57. The third kappa shape index (κ3) is 5.01. The molecule has 0 saturated heterocycles. The summed E-state index contributed by atoms with van der Waals surface area (Å²) < 4.78 is 5.47. The Kier molecular flexibility index (Phi) is 5.73. The summed E-state index contributed by atoms with van der Waals surface area (Å²) in [6.07, 6.45) is 0. The molecule has 2 aromatic rings. The van der Waals surface area contributed by atoms with Crippen molar-refractivity contribution in [2.45, 2.75) is 33.3 Å². The van der Waals surface area contributed by atoms with Gasteiger partial charge in [-0.2, -0.15) is 0 Å². The fraction of sp³-hybridized carbons (Fsp3) is 0.316. The van der Waals surface area contributed by atoms with Gasteiger partial charge in [0.15, 0.2) is 0 Å². The molecule has 2 rings (SSSR count). The minimum Gasteiger partial charge on any atom is -0.367 e. The molecule has 0 aliphatic heterocycles. The van der Waals surface area contributed by atoms with Crippen LogP contribution >= 0.6 is 0 Å². The van der Waals surface area contributed by atoms with E-state index in [-0.39, 0.29) is 12.5 Å². The van der Waals surface area contributed by atoms with Crippen molar-refractivity contribution in [3.63, 3.8) is 0 Å². The van der Waals surface area contributed by atoms with Gasteiger partial charge in [0, 0.05) is 5.69 Å². The van der Waals surface area contributed by atoms with Crippen LogP contribution in [0.1, 0.15) is 36.5 Å². The van der Waals surface area contributed by atoms with E-state index in [1.807, 2.05) is 43.3 Å². The van der Waals surface area contributed by atoms with Crippen LogP contribution in [0.5, 0.6) is 0 Å². The van der Waals surface area contributed by atoms with Gasteiger partial charge in [-0.15, -0.1) is 0 Å². The van der Waals surface area contributed by atoms with Crippen LogP contribution in [0, 0.1) is 6.92 Å². The van der Waals surface area contributed by atoms with Crippen molar-refractivity contribution in [2.75, 3.05) is 11.9 Å². The smallest absolute Gasteiger partial charge is 0.250 e. The van der Waals surface area contributed by atoms with Gasteiger partial charge in [-0.3, -0.25) is 4.79 Å². The largest absolute Gasteiger partial charge is 0.367 e. The van der Waals surface area contributed by atoms with Crippen molar-refractivity contribution in [3.8, 4) is 0 Å². The lowest BCUT2D eigenvalue weighted by Gasteiger charge is -2.08. The summed E-state index contributed by atoms with van der Waals surface area (Å²) in [5.74, 6) is 0.388. The van der Waals surface area contributed by atoms with Crippen LogP contribution in [-0.4, -0.2) is 12.5 Å². The highest BCUT2D eigenvalue weighted by atomic mass is 16.5. The Labute approximate surface area is 132 Å². The molecule has 1 N–H and O–H groups in total. The zero-order valence-electron chi connectivity index (χ0n) is 13.4. The van der Waals surface area contributed by atoms with E-state index >= 15 is 0 Å². The van der Waals surface area contributed by atoms with E-state index in [1.165, 1.54) is 5.56 Å². The lowest BCUT2D eigenvalue weighted by molar-refractivity contribution is -0.121. The quantitative estimate of drug-likeness (QED) is 0.864. The van der Waals surface area contributed by atoms with Gasteiger partial charge in [0.2, 0.25) is 5.91 Å². The number of amides is 1. The monoisotopic (exact) mass is 297 g/mol. The van der Waals surface area contributed by atoms with Crippen LogP contribution in [0.3, 0.4) is 0 Å². The minimum absolute atomic E-state index is 0.0554. The topological polar surface area (TPSA) is 38.3 Å². The van der Waals surface area contributed by atoms with E-state index in [9.17, 15) is 4.79 Å². The molecule has 0 atom stereocenters. The molecule has 0 spiro atoms. The maximum absolute atomic E-state index is 11.8. The van der Waals surface area contributed by atoms with E-state index in [1.54, 1.807) is 0 Å². The number of benzene rings is 2. The molecule has 0 unspecified atom stereocenters. The van der Waals surface area contributed by atoms with E-state index < -0.39 is 0 Å². The second-order valence-corrected chi connectivity index (χ2v) is 5.81. The Balaban J connectivity index is 1.77. The highest BCUT2D eigenvalue weighted by Gasteiger charge is 2.04. The summed E-state index contributed by atoms with van der Waals surface area (Å²) in [4.78, 5) is 11.8. The number of anilines is 1. The Morgan fingerprint density at radius 3 is 2.50 bits per heavy atom. The zero-order valence-corrected chi connectivity index (χ0v) is 13.4. The number of ether oxygens (including phenoxy) is 1. The van der Waals surface area contributed by atoms with Crippen LogP contribution in [0.15, 0.2) is 48.5 Å². The molecule has 0 saturated carbocycles. The number of rotatable bonds is 6. The van der Waals surface area contributed by atoms with Crippen LogP contribution in [0.4, 0.5) is 5.69 Å². The molecule has 2 aromatic carbocycles. The lowest BCUT2D eigenvalue weighted by atomic mass is 10.0. The van der Waals surface area contributed by atoms with Crippen LogP contribution in [0.25, 0.3) is 0 Å². The normalized spacial score (nSPS) is 10.7. The summed E-state index contributed by atoms with van der Waals surface area (Å²) in [6.45, 7) is 6.83. The number of hydrogen-bond donors (Lipinski definition) is 1. The molecule has 0 heterocycles. The molecule has 0 aliphatic rings. The average Bonchev–Trinajstić information content (AvgIpc) is 2.47. The second kappa shape index (κ2) is 7.76. The van der Waals surface area contributed by atoms with Crippen LogP contribution < -0.4 is 5.32 Å². The van der Waals surface area contributed by atoms with Crippen molar-refractivity contribution in [1.29, 1.82) is 0 Å². The first-order chi connectivity index (χ1) is 10.5. The third-order valence-corrected chi connectivity index (χ3v) is 3.45. The predicted molar refractivity (Wildman–Crippen MR) is 90.0 cm³/mol. The summed E-state index contributed by atoms with van der Waals surface area (Å²) >= 11 is 0. The molecule has 3 nitrogen and oxygen atoms in total. The molecular formula is C19H23NO2. The molecule has 0 aromatic heterocycles. The van der Waals surface area contributed by atoms with Crippen molar-refractivity contribution in [3.05, 3.63) is 65.2 Å². The fourth-order valence-corrected chi connectivity index (χ4v) is 2.18. The van der Waals surface area contributed by atoms with Crippen molar-refractivity contribution in [1.82, 2.24) is 0 Å². The van der Waals surface area contributed by atoms with Crippen molar-refractivity contribution >= 4 is 11.6 Å². The maximum Gasteiger partial charge on any atom is 0.250 e. The number of carbonyl (C=O) groups is 1. The number of carbonyl (C=O) groups excluding carboxylic acids is 1. The van der Waals surface area contributed by atoms with Gasteiger partial charge in [-0.25, -0.2) is 0 Å². The van der Waals surface area contributed by atoms with Gasteiger partial charge in [0.1, 0.15) is 6.61 Å². The molecule has 0 bridgehead atoms. The van der Waals surface area contributed by atoms with Gasteiger partial charge >= 0.3 is 0 Å². The van der Waals surface area contributed by atoms with E-state index in [0.717, 1.165) is 16.8 Å². The van der Waals surface area contributed by atoms with Crippen molar-refractivity contribution in [2.24, 2.45) is 0 Å². The molecule has 1 amide bonds. The SMILES string of the molecule is Cc1cccc(NC(=O)COCc2ccc(C(C)C)cc2)c1. The van der Waals surface area contributed by atoms with Gasteiger partial charge < -0.3 is 10.1 Å². The first-order valence-corrected chi connectivity index (χ1v) is 7.57. The first kappa shape index (κ1) is 16.2. The number of aryl methyl sites for hydroxylation is 1. The summed E-state index contributed by atoms with van der Waals surface area (Å²) in [5.41, 5.74) is 4.30. The van der Waals surface area contributed by atoms with E-state index in [0.29, 0.717) is 12.5 Å². The lowest BCUT2D eigenvalue weighted by Crippen LogP contribution is -2.18. The predicted octanol–water partition coefficient (Wildman–Crippen LogP) is 4.27. The van der Waals surface area contributed by atoms with Gasteiger partial charge in [0.25, 0.3) is 0 Å². The number of nitrogens with one attached hydrogen (secondary N) is 1. The maximum atomic E-state index is 11.8. The molecule has 3 heteroatoms. The van der Waals surface area contributed by atoms with Gasteiger partial charge in [-0.1, -0.05) is 50.2 Å². The summed E-state index contributed by atoms with van der Waals surface area (Å²) in [6, 6.07) is 16.0. The molecular weight excluding hydrogens is 274 g/mol. The zero-order chi connectivity index (χ0) is 15.9. The molecule has 0 fully saturated rings. The summed E-state index contributed by atoms with van der Waals surface area (Å²) in [5, 5.41) is 2.83. The van der Waals surface area contributed by atoms with Crippen LogP contribution in [0.2, 0.25) is 0 Å². The average molecular weight is 297 g/mol. The number of hydrogen-bond acceptors (Lipinski definition) is 2. The van der Waals surface area contributed by atoms with Crippen LogP contribution in [-0.2, 0) is 16.1 Å².